The van der Waals surface area contributed by atoms with Crippen molar-refractivity contribution < 1.29 is 19.3 Å². The van der Waals surface area contributed by atoms with Crippen LogP contribution in [0.4, 0.5) is 0 Å². The summed E-state index contributed by atoms with van der Waals surface area (Å²) in [6.07, 6.45) is 2.52. The Labute approximate surface area is 127 Å². The van der Waals surface area contributed by atoms with E-state index >= 15 is 0 Å². The van der Waals surface area contributed by atoms with Gasteiger partial charge in [-0.15, -0.1) is 0 Å². The van der Waals surface area contributed by atoms with Gasteiger partial charge in [-0.3, -0.25) is 0 Å². The lowest BCUT2D eigenvalue weighted by atomic mass is 10.0. The highest BCUT2D eigenvalue weighted by molar-refractivity contribution is 5.13. The predicted molar refractivity (Wildman–Crippen MR) is 80.9 cm³/mol. The summed E-state index contributed by atoms with van der Waals surface area (Å²) in [5.41, 5.74) is 1.18. The Morgan fingerprint density at radius 3 is 2.48 bits per heavy atom. The SMILES string of the molecule is CC1(C)O[C@H](CCO)C[C@H](CCOCc2ccccc2)O1. The summed E-state index contributed by atoms with van der Waals surface area (Å²) in [6.45, 7) is 5.30. The van der Waals surface area contributed by atoms with Crippen LogP contribution in [0.1, 0.15) is 38.7 Å². The largest absolute Gasteiger partial charge is 0.396 e. The van der Waals surface area contributed by atoms with Crippen molar-refractivity contribution >= 4 is 0 Å². The molecule has 118 valence electrons. The van der Waals surface area contributed by atoms with Crippen LogP contribution in [0, 0.1) is 0 Å². The molecule has 0 unspecified atom stereocenters. The van der Waals surface area contributed by atoms with Crippen LogP contribution in [-0.4, -0.2) is 36.3 Å². The number of hydrogen-bond acceptors (Lipinski definition) is 4. The molecule has 0 bridgehead atoms. The lowest BCUT2D eigenvalue weighted by Gasteiger charge is -2.40. The Hall–Kier alpha value is -0.940. The van der Waals surface area contributed by atoms with Gasteiger partial charge in [-0.2, -0.15) is 0 Å². The molecule has 21 heavy (non-hydrogen) atoms. The maximum Gasteiger partial charge on any atom is 0.163 e. The van der Waals surface area contributed by atoms with Crippen molar-refractivity contribution in [3.63, 3.8) is 0 Å². The van der Waals surface area contributed by atoms with E-state index in [-0.39, 0.29) is 18.8 Å². The number of rotatable bonds is 7. The minimum atomic E-state index is -0.581. The Morgan fingerprint density at radius 1 is 1.14 bits per heavy atom. The summed E-state index contributed by atoms with van der Waals surface area (Å²) in [5.74, 6) is -0.581. The van der Waals surface area contributed by atoms with Gasteiger partial charge in [0.15, 0.2) is 5.79 Å². The molecule has 0 saturated carbocycles. The summed E-state index contributed by atoms with van der Waals surface area (Å²) in [5, 5.41) is 9.07. The molecule has 0 aromatic heterocycles. The topological polar surface area (TPSA) is 47.9 Å². The predicted octanol–water partition coefficient (Wildman–Crippen LogP) is 2.89. The molecule has 0 spiro atoms. The number of benzene rings is 1. The van der Waals surface area contributed by atoms with Crippen LogP contribution in [0.15, 0.2) is 30.3 Å². The normalized spacial score (nSPS) is 24.9. The molecule has 2 rings (SSSR count). The van der Waals surface area contributed by atoms with Crippen LogP contribution in [0.25, 0.3) is 0 Å². The van der Waals surface area contributed by atoms with Crippen LogP contribution in [0.2, 0.25) is 0 Å². The highest BCUT2D eigenvalue weighted by Crippen LogP contribution is 2.29. The van der Waals surface area contributed by atoms with Gasteiger partial charge in [-0.25, -0.2) is 0 Å². The van der Waals surface area contributed by atoms with Crippen molar-refractivity contribution in [2.75, 3.05) is 13.2 Å². The van der Waals surface area contributed by atoms with Crippen LogP contribution in [-0.2, 0) is 20.8 Å². The third-order valence-electron chi connectivity index (χ3n) is 3.57. The fourth-order valence-corrected chi connectivity index (χ4v) is 2.70. The minimum absolute atomic E-state index is 0.0675. The van der Waals surface area contributed by atoms with Crippen molar-refractivity contribution in [3.8, 4) is 0 Å². The van der Waals surface area contributed by atoms with Crippen molar-refractivity contribution in [1.82, 2.24) is 0 Å². The summed E-state index contributed by atoms with van der Waals surface area (Å²) < 4.78 is 17.4. The average molecular weight is 294 g/mol. The van der Waals surface area contributed by atoms with Gasteiger partial charge in [0.1, 0.15) is 0 Å². The van der Waals surface area contributed by atoms with Crippen LogP contribution < -0.4 is 0 Å². The average Bonchev–Trinajstić information content (AvgIpc) is 2.43. The molecule has 1 fully saturated rings. The van der Waals surface area contributed by atoms with Gasteiger partial charge < -0.3 is 19.3 Å². The molecule has 0 radical (unpaired) electrons. The van der Waals surface area contributed by atoms with Gasteiger partial charge in [-0.05, 0) is 32.3 Å². The Kier molecular flexibility index (Phi) is 6.18. The molecule has 1 aliphatic heterocycles. The molecule has 1 saturated heterocycles. The second-order valence-electron chi connectivity index (χ2n) is 5.95. The summed E-state index contributed by atoms with van der Waals surface area (Å²) in [6, 6.07) is 10.2. The van der Waals surface area contributed by atoms with Gasteiger partial charge in [0.25, 0.3) is 0 Å². The van der Waals surface area contributed by atoms with E-state index in [0.29, 0.717) is 19.6 Å². The Morgan fingerprint density at radius 2 is 1.81 bits per heavy atom. The van der Waals surface area contributed by atoms with Crippen molar-refractivity contribution in [3.05, 3.63) is 35.9 Å². The summed E-state index contributed by atoms with van der Waals surface area (Å²) in [7, 11) is 0. The third-order valence-corrected chi connectivity index (χ3v) is 3.57. The van der Waals surface area contributed by atoms with Crippen molar-refractivity contribution in [2.24, 2.45) is 0 Å². The lowest BCUT2D eigenvalue weighted by molar-refractivity contribution is -0.302. The van der Waals surface area contributed by atoms with E-state index in [0.717, 1.165) is 12.8 Å². The van der Waals surface area contributed by atoms with Crippen LogP contribution in [0.3, 0.4) is 0 Å². The molecule has 1 aromatic carbocycles. The zero-order chi connectivity index (χ0) is 15.1. The second-order valence-corrected chi connectivity index (χ2v) is 5.95. The maximum atomic E-state index is 9.07. The highest BCUT2D eigenvalue weighted by Gasteiger charge is 2.34. The van der Waals surface area contributed by atoms with Gasteiger partial charge in [0.2, 0.25) is 0 Å². The van der Waals surface area contributed by atoms with E-state index in [4.69, 9.17) is 19.3 Å². The standard InChI is InChI=1S/C17H26O4/c1-17(2)20-15(8-10-18)12-16(21-17)9-11-19-13-14-6-4-3-5-7-14/h3-7,15-16,18H,8-13H2,1-2H3/t15-,16+/m1/s1. The maximum absolute atomic E-state index is 9.07. The lowest BCUT2D eigenvalue weighted by Crippen LogP contribution is -2.45. The number of aliphatic hydroxyl groups is 1. The van der Waals surface area contributed by atoms with Gasteiger partial charge in [-0.1, -0.05) is 30.3 Å². The monoisotopic (exact) mass is 294 g/mol. The number of hydrogen-bond donors (Lipinski definition) is 1. The van der Waals surface area contributed by atoms with Gasteiger partial charge in [0.05, 0.1) is 18.8 Å². The smallest absolute Gasteiger partial charge is 0.163 e. The van der Waals surface area contributed by atoms with Gasteiger partial charge in [0, 0.05) is 19.6 Å². The van der Waals surface area contributed by atoms with Crippen LogP contribution >= 0.6 is 0 Å². The molecule has 1 aromatic rings. The molecule has 4 heteroatoms. The molecule has 0 amide bonds. The molecule has 1 N–H and O–H groups in total. The molecule has 1 heterocycles. The zero-order valence-corrected chi connectivity index (χ0v) is 13.0. The number of aliphatic hydroxyl groups excluding tert-OH is 1. The van der Waals surface area contributed by atoms with Crippen LogP contribution in [0.5, 0.6) is 0 Å². The Balaban J connectivity index is 1.71. The second kappa shape index (κ2) is 7.90. The summed E-state index contributed by atoms with van der Waals surface area (Å²) >= 11 is 0. The fourth-order valence-electron chi connectivity index (χ4n) is 2.70. The van der Waals surface area contributed by atoms with E-state index in [1.807, 2.05) is 32.0 Å². The molecule has 0 aliphatic carbocycles. The molecule has 2 atom stereocenters. The first-order chi connectivity index (χ1) is 10.1. The quantitative estimate of drug-likeness (QED) is 0.786. The third kappa shape index (κ3) is 5.75. The van der Waals surface area contributed by atoms with E-state index in [1.54, 1.807) is 0 Å². The molecular weight excluding hydrogens is 268 g/mol. The first-order valence-electron chi connectivity index (χ1n) is 7.67. The minimum Gasteiger partial charge on any atom is -0.396 e. The first kappa shape index (κ1) is 16.4. The van der Waals surface area contributed by atoms with Gasteiger partial charge >= 0.3 is 0 Å². The Bertz CT molecular complexity index is 405. The van der Waals surface area contributed by atoms with E-state index in [9.17, 15) is 0 Å². The zero-order valence-electron chi connectivity index (χ0n) is 13.0. The van der Waals surface area contributed by atoms with E-state index < -0.39 is 5.79 Å². The fraction of sp³-hybridized carbons (Fsp3) is 0.647. The molecular formula is C17H26O4. The van der Waals surface area contributed by atoms with E-state index in [2.05, 4.69) is 12.1 Å². The number of ether oxygens (including phenoxy) is 3. The highest BCUT2D eigenvalue weighted by atomic mass is 16.7. The van der Waals surface area contributed by atoms with Crippen molar-refractivity contribution in [1.29, 1.82) is 0 Å². The summed E-state index contributed by atoms with van der Waals surface area (Å²) in [4.78, 5) is 0. The molecule has 4 nitrogen and oxygen atoms in total. The van der Waals surface area contributed by atoms with E-state index in [1.165, 1.54) is 5.56 Å². The molecule has 1 aliphatic rings. The first-order valence-corrected chi connectivity index (χ1v) is 7.67. The van der Waals surface area contributed by atoms with Crippen molar-refractivity contribution in [2.45, 2.75) is 57.7 Å².